The minimum absolute atomic E-state index is 0.0740. The molecule has 0 atom stereocenters. The van der Waals surface area contributed by atoms with Gasteiger partial charge in [0.15, 0.2) is 5.58 Å². The molecule has 0 aliphatic rings. The van der Waals surface area contributed by atoms with E-state index in [1.807, 2.05) is 0 Å². The van der Waals surface area contributed by atoms with E-state index in [1.54, 1.807) is 12.1 Å². The van der Waals surface area contributed by atoms with Crippen molar-refractivity contribution in [2.24, 2.45) is 0 Å². The number of para-hydroxylation sites is 1. The zero-order valence-electron chi connectivity index (χ0n) is 10.5. The molecule has 0 fully saturated rings. The summed E-state index contributed by atoms with van der Waals surface area (Å²) in [6.45, 7) is 0. The Labute approximate surface area is 117 Å². The number of aromatic carboxylic acids is 1. The van der Waals surface area contributed by atoms with Crippen molar-refractivity contribution in [1.29, 1.82) is 0 Å². The van der Waals surface area contributed by atoms with Crippen molar-refractivity contribution in [1.82, 2.24) is 4.98 Å². The number of hydrogen-bond acceptors (Lipinski definition) is 5. The Morgan fingerprint density at radius 3 is 2.71 bits per heavy atom. The molecule has 21 heavy (non-hydrogen) atoms. The van der Waals surface area contributed by atoms with Crippen LogP contribution in [0.3, 0.4) is 0 Å². The maximum Gasteiger partial charge on any atom is 0.335 e. The molecule has 0 saturated carbocycles. The lowest BCUT2D eigenvalue weighted by atomic mass is 10.2. The molecule has 0 aliphatic heterocycles. The average molecular weight is 284 g/mol. The Balaban J connectivity index is 2.18. The summed E-state index contributed by atoms with van der Waals surface area (Å²) >= 11 is 0. The van der Waals surface area contributed by atoms with E-state index in [-0.39, 0.29) is 22.7 Å². The molecule has 0 spiro atoms. The Kier molecular flexibility index (Phi) is 2.87. The highest BCUT2D eigenvalue weighted by Crippen LogP contribution is 2.31. The van der Waals surface area contributed by atoms with Gasteiger partial charge in [0.2, 0.25) is 5.89 Å². The van der Waals surface area contributed by atoms with Crippen molar-refractivity contribution >= 4 is 22.8 Å². The minimum Gasteiger partial charge on any atom is -0.478 e. The van der Waals surface area contributed by atoms with E-state index in [0.29, 0.717) is 11.1 Å². The van der Waals surface area contributed by atoms with Gasteiger partial charge in [-0.05, 0) is 24.3 Å². The van der Waals surface area contributed by atoms with Gasteiger partial charge in [0.25, 0.3) is 5.69 Å². The van der Waals surface area contributed by atoms with E-state index in [9.17, 15) is 14.9 Å². The zero-order valence-corrected chi connectivity index (χ0v) is 10.5. The van der Waals surface area contributed by atoms with Crippen LogP contribution in [0.1, 0.15) is 10.4 Å². The quantitative estimate of drug-likeness (QED) is 0.585. The molecule has 0 bridgehead atoms. The summed E-state index contributed by atoms with van der Waals surface area (Å²) in [7, 11) is 0. The van der Waals surface area contributed by atoms with Crippen LogP contribution < -0.4 is 0 Å². The van der Waals surface area contributed by atoms with Crippen LogP contribution in [0.2, 0.25) is 0 Å². The maximum absolute atomic E-state index is 11.0. The molecular formula is C14H8N2O5. The number of fused-ring (bicyclic) bond motifs is 1. The number of carboxylic acid groups (broad SMARTS) is 1. The Bertz CT molecular complexity index is 869. The lowest BCUT2D eigenvalue weighted by Gasteiger charge is -1.96. The molecule has 104 valence electrons. The topological polar surface area (TPSA) is 106 Å². The third-order valence-corrected chi connectivity index (χ3v) is 2.97. The third kappa shape index (κ3) is 2.20. The van der Waals surface area contributed by atoms with E-state index in [4.69, 9.17) is 9.52 Å². The lowest BCUT2D eigenvalue weighted by molar-refractivity contribution is -0.384. The molecule has 1 heterocycles. The van der Waals surface area contributed by atoms with Crippen LogP contribution in [-0.2, 0) is 0 Å². The zero-order chi connectivity index (χ0) is 15.0. The third-order valence-electron chi connectivity index (χ3n) is 2.97. The monoisotopic (exact) mass is 284 g/mol. The summed E-state index contributed by atoms with van der Waals surface area (Å²) in [5.74, 6) is -0.994. The van der Waals surface area contributed by atoms with Crippen LogP contribution in [-0.4, -0.2) is 21.0 Å². The molecule has 3 aromatic rings. The highest BCUT2D eigenvalue weighted by molar-refractivity contribution is 5.92. The van der Waals surface area contributed by atoms with Crippen molar-refractivity contribution in [3.8, 4) is 11.5 Å². The molecule has 3 rings (SSSR count). The van der Waals surface area contributed by atoms with Gasteiger partial charge in [-0.2, -0.15) is 0 Å². The first-order chi connectivity index (χ1) is 10.1. The number of rotatable bonds is 3. The second-order valence-corrected chi connectivity index (χ2v) is 4.28. The number of nitrogens with zero attached hydrogens (tertiary/aromatic N) is 2. The SMILES string of the molecule is O=C(O)c1ccc2oc(-c3ccccc3[N+](=O)[O-])nc2c1. The number of oxazole rings is 1. The van der Waals surface area contributed by atoms with Crippen molar-refractivity contribution in [3.05, 3.63) is 58.1 Å². The van der Waals surface area contributed by atoms with Crippen LogP contribution in [0.5, 0.6) is 0 Å². The molecule has 0 radical (unpaired) electrons. The fourth-order valence-electron chi connectivity index (χ4n) is 1.99. The predicted molar refractivity (Wildman–Crippen MR) is 73.1 cm³/mol. The van der Waals surface area contributed by atoms with Crippen LogP contribution in [0.4, 0.5) is 5.69 Å². The largest absolute Gasteiger partial charge is 0.478 e. The number of nitro groups is 1. The number of carbonyl (C=O) groups is 1. The van der Waals surface area contributed by atoms with E-state index >= 15 is 0 Å². The highest BCUT2D eigenvalue weighted by atomic mass is 16.6. The number of nitro benzene ring substituents is 1. The minimum atomic E-state index is -1.08. The van der Waals surface area contributed by atoms with E-state index in [0.717, 1.165) is 0 Å². The van der Waals surface area contributed by atoms with Crippen molar-refractivity contribution in [2.75, 3.05) is 0 Å². The fraction of sp³-hybridized carbons (Fsp3) is 0. The summed E-state index contributed by atoms with van der Waals surface area (Å²) in [6.07, 6.45) is 0. The number of benzene rings is 2. The van der Waals surface area contributed by atoms with Crippen molar-refractivity contribution in [2.45, 2.75) is 0 Å². The normalized spacial score (nSPS) is 10.7. The highest BCUT2D eigenvalue weighted by Gasteiger charge is 2.19. The van der Waals surface area contributed by atoms with E-state index < -0.39 is 10.9 Å². The van der Waals surface area contributed by atoms with E-state index in [2.05, 4.69) is 4.98 Å². The summed E-state index contributed by atoms with van der Waals surface area (Å²) in [6, 6.07) is 10.3. The molecule has 1 N–H and O–H groups in total. The first kappa shape index (κ1) is 12.8. The summed E-state index contributed by atoms with van der Waals surface area (Å²) < 4.78 is 5.47. The van der Waals surface area contributed by atoms with Crippen LogP contribution in [0.25, 0.3) is 22.6 Å². The number of carboxylic acids is 1. The van der Waals surface area contributed by atoms with Gasteiger partial charge in [-0.3, -0.25) is 10.1 Å². The molecule has 7 heteroatoms. The van der Waals surface area contributed by atoms with Crippen molar-refractivity contribution in [3.63, 3.8) is 0 Å². The summed E-state index contributed by atoms with van der Waals surface area (Å²) in [5.41, 5.74) is 0.902. The molecular weight excluding hydrogens is 276 g/mol. The van der Waals surface area contributed by atoms with Gasteiger partial charge in [0.05, 0.1) is 10.5 Å². The molecule has 0 amide bonds. The fourth-order valence-corrected chi connectivity index (χ4v) is 1.99. The second-order valence-electron chi connectivity index (χ2n) is 4.28. The van der Waals surface area contributed by atoms with E-state index in [1.165, 1.54) is 30.3 Å². The average Bonchev–Trinajstić information content (AvgIpc) is 2.89. The molecule has 7 nitrogen and oxygen atoms in total. The predicted octanol–water partition coefficient (Wildman–Crippen LogP) is 3.10. The van der Waals surface area contributed by atoms with Gasteiger partial charge in [-0.1, -0.05) is 12.1 Å². The lowest BCUT2D eigenvalue weighted by Crippen LogP contribution is -1.94. The molecule has 2 aromatic carbocycles. The van der Waals surface area contributed by atoms with Gasteiger partial charge in [0, 0.05) is 6.07 Å². The number of aromatic nitrogens is 1. The molecule has 0 saturated heterocycles. The molecule has 0 aliphatic carbocycles. The second kappa shape index (κ2) is 4.71. The summed E-state index contributed by atoms with van der Waals surface area (Å²) in [4.78, 5) is 25.5. The van der Waals surface area contributed by atoms with Crippen LogP contribution in [0.15, 0.2) is 46.9 Å². The number of hydrogen-bond donors (Lipinski definition) is 1. The molecule has 1 aromatic heterocycles. The van der Waals surface area contributed by atoms with Gasteiger partial charge >= 0.3 is 5.97 Å². The van der Waals surface area contributed by atoms with Crippen molar-refractivity contribution < 1.29 is 19.2 Å². The first-order valence-corrected chi connectivity index (χ1v) is 5.94. The van der Waals surface area contributed by atoms with Gasteiger partial charge < -0.3 is 9.52 Å². The Morgan fingerprint density at radius 2 is 2.00 bits per heavy atom. The first-order valence-electron chi connectivity index (χ1n) is 5.94. The standard InChI is InChI=1S/C14H8N2O5/c17-14(18)8-5-6-12-10(7-8)15-13(21-12)9-3-1-2-4-11(9)16(19)20/h1-7H,(H,17,18). The Hall–Kier alpha value is -3.22. The van der Waals surface area contributed by atoms with Gasteiger partial charge in [-0.25, -0.2) is 9.78 Å². The van der Waals surface area contributed by atoms with Crippen LogP contribution >= 0.6 is 0 Å². The van der Waals surface area contributed by atoms with Crippen LogP contribution in [0, 0.1) is 10.1 Å². The van der Waals surface area contributed by atoms with Gasteiger partial charge in [-0.15, -0.1) is 0 Å². The van der Waals surface area contributed by atoms with Gasteiger partial charge in [0.1, 0.15) is 11.1 Å². The summed E-state index contributed by atoms with van der Waals surface area (Å²) in [5, 5.41) is 19.9. The Morgan fingerprint density at radius 1 is 1.24 bits per heavy atom. The molecule has 0 unspecified atom stereocenters. The maximum atomic E-state index is 11.0. The smallest absolute Gasteiger partial charge is 0.335 e.